The highest BCUT2D eigenvalue weighted by molar-refractivity contribution is 9.10. The van der Waals surface area contributed by atoms with E-state index in [2.05, 4.69) is 26.3 Å². The molecule has 3 amide bonds. The molecule has 0 bridgehead atoms. The van der Waals surface area contributed by atoms with E-state index in [9.17, 15) is 9.59 Å². The summed E-state index contributed by atoms with van der Waals surface area (Å²) >= 11 is 3.38. The number of benzene rings is 1. The van der Waals surface area contributed by atoms with E-state index in [0.717, 1.165) is 15.0 Å². The molecular formula is C13H14BrN3O2. The summed E-state index contributed by atoms with van der Waals surface area (Å²) in [6.07, 6.45) is 2.02. The van der Waals surface area contributed by atoms with Crippen LogP contribution in [-0.2, 0) is 4.79 Å². The topological polar surface area (TPSA) is 61.8 Å². The number of amides is 3. The van der Waals surface area contributed by atoms with E-state index in [4.69, 9.17) is 0 Å². The third-order valence-electron chi connectivity index (χ3n) is 3.16. The van der Waals surface area contributed by atoms with E-state index < -0.39 is 11.6 Å². The Morgan fingerprint density at radius 2 is 2.11 bits per heavy atom. The lowest BCUT2D eigenvalue weighted by Crippen LogP contribution is -2.42. The average Bonchev–Trinajstić information content (AvgIpc) is 2.61. The Kier molecular flexibility index (Phi) is 3.71. The number of hydrazone groups is 1. The maximum Gasteiger partial charge on any atom is 0.346 e. The number of carbonyl (C=O) groups excluding carboxylic acids is 2. The van der Waals surface area contributed by atoms with Gasteiger partial charge in [-0.1, -0.05) is 41.1 Å². The highest BCUT2D eigenvalue weighted by Crippen LogP contribution is 2.21. The summed E-state index contributed by atoms with van der Waals surface area (Å²) < 4.78 is 0.851. The van der Waals surface area contributed by atoms with Crippen LogP contribution in [0.2, 0.25) is 0 Å². The second kappa shape index (κ2) is 5.13. The molecule has 1 fully saturated rings. The molecule has 0 aliphatic carbocycles. The third-order valence-corrected chi connectivity index (χ3v) is 3.89. The van der Waals surface area contributed by atoms with E-state index in [-0.39, 0.29) is 5.91 Å². The van der Waals surface area contributed by atoms with Crippen molar-refractivity contribution in [2.45, 2.75) is 25.8 Å². The molecular weight excluding hydrogens is 310 g/mol. The smallest absolute Gasteiger partial charge is 0.322 e. The minimum Gasteiger partial charge on any atom is -0.322 e. The zero-order valence-electron chi connectivity index (χ0n) is 10.7. The lowest BCUT2D eigenvalue weighted by atomic mass is 10.00. The molecule has 1 aliphatic heterocycles. The maximum atomic E-state index is 12.1. The van der Waals surface area contributed by atoms with Crippen molar-refractivity contribution in [2.75, 3.05) is 0 Å². The van der Waals surface area contributed by atoms with Gasteiger partial charge >= 0.3 is 6.03 Å². The summed E-state index contributed by atoms with van der Waals surface area (Å²) in [6, 6.07) is 6.95. The van der Waals surface area contributed by atoms with Crippen LogP contribution in [0.5, 0.6) is 0 Å². The summed E-state index contributed by atoms with van der Waals surface area (Å²) in [6.45, 7) is 3.54. The Morgan fingerprint density at radius 3 is 2.68 bits per heavy atom. The molecule has 1 aromatic rings. The van der Waals surface area contributed by atoms with Crippen molar-refractivity contribution in [1.29, 1.82) is 0 Å². The van der Waals surface area contributed by atoms with Crippen LogP contribution in [0.3, 0.4) is 0 Å². The molecule has 1 heterocycles. The van der Waals surface area contributed by atoms with Gasteiger partial charge < -0.3 is 5.32 Å². The van der Waals surface area contributed by atoms with Gasteiger partial charge in [0.25, 0.3) is 5.91 Å². The standard InChI is InChI=1S/C13H14BrN3O2/c1-3-13(2)11(18)17(12(19)16-13)15-8-9-6-4-5-7-10(9)14/h4-8H,3H2,1-2H3,(H,16,19). The predicted octanol–water partition coefficient (Wildman–Crippen LogP) is 2.50. The summed E-state index contributed by atoms with van der Waals surface area (Å²) in [7, 11) is 0. The number of hydrogen-bond donors (Lipinski definition) is 1. The van der Waals surface area contributed by atoms with Gasteiger partial charge in [0.2, 0.25) is 0 Å². The summed E-state index contributed by atoms with van der Waals surface area (Å²) in [5, 5.41) is 7.50. The maximum absolute atomic E-state index is 12.1. The van der Waals surface area contributed by atoms with Gasteiger partial charge in [-0.25, -0.2) is 4.79 Å². The number of carbonyl (C=O) groups is 2. The minimum absolute atomic E-state index is 0.330. The molecule has 0 aromatic heterocycles. The van der Waals surface area contributed by atoms with Gasteiger partial charge in [-0.05, 0) is 19.4 Å². The lowest BCUT2D eigenvalue weighted by Gasteiger charge is -2.17. The summed E-state index contributed by atoms with van der Waals surface area (Å²) in [5.41, 5.74) is -0.0595. The van der Waals surface area contributed by atoms with E-state index in [1.54, 1.807) is 6.92 Å². The van der Waals surface area contributed by atoms with Crippen molar-refractivity contribution in [2.24, 2.45) is 5.10 Å². The number of halogens is 1. The van der Waals surface area contributed by atoms with Crippen molar-refractivity contribution in [3.8, 4) is 0 Å². The highest BCUT2D eigenvalue weighted by Gasteiger charge is 2.46. The molecule has 5 nitrogen and oxygen atoms in total. The molecule has 6 heteroatoms. The molecule has 1 aromatic carbocycles. The Labute approximate surface area is 119 Å². The second-order valence-electron chi connectivity index (χ2n) is 4.50. The molecule has 2 rings (SSSR count). The molecule has 1 atom stereocenters. The fourth-order valence-corrected chi connectivity index (χ4v) is 2.10. The van der Waals surface area contributed by atoms with Crippen LogP contribution in [0.4, 0.5) is 4.79 Å². The molecule has 100 valence electrons. The zero-order chi connectivity index (χ0) is 14.0. The third kappa shape index (κ3) is 2.53. The van der Waals surface area contributed by atoms with E-state index in [1.807, 2.05) is 31.2 Å². The van der Waals surface area contributed by atoms with Gasteiger partial charge in [-0.2, -0.15) is 5.10 Å². The van der Waals surface area contributed by atoms with Gasteiger partial charge in [-0.15, -0.1) is 5.01 Å². The Balaban J connectivity index is 2.23. The van der Waals surface area contributed by atoms with Gasteiger partial charge in [0.05, 0.1) is 6.21 Å². The van der Waals surface area contributed by atoms with Crippen LogP contribution in [0.25, 0.3) is 0 Å². The minimum atomic E-state index is -0.859. The van der Waals surface area contributed by atoms with Crippen LogP contribution in [0.15, 0.2) is 33.8 Å². The Morgan fingerprint density at radius 1 is 1.42 bits per heavy atom. The fourth-order valence-electron chi connectivity index (χ4n) is 1.71. The predicted molar refractivity (Wildman–Crippen MR) is 75.8 cm³/mol. The Bertz CT molecular complexity index is 559. The van der Waals surface area contributed by atoms with Crippen LogP contribution in [0.1, 0.15) is 25.8 Å². The van der Waals surface area contributed by atoms with Crippen LogP contribution >= 0.6 is 15.9 Å². The first kappa shape index (κ1) is 13.7. The summed E-state index contributed by atoms with van der Waals surface area (Å²) in [5.74, 6) is -0.330. The van der Waals surface area contributed by atoms with Gasteiger partial charge in [0.15, 0.2) is 0 Å². The molecule has 1 unspecified atom stereocenters. The number of hydrogen-bond acceptors (Lipinski definition) is 3. The lowest BCUT2D eigenvalue weighted by molar-refractivity contribution is -0.130. The molecule has 0 spiro atoms. The molecule has 1 aliphatic rings. The highest BCUT2D eigenvalue weighted by atomic mass is 79.9. The first-order valence-corrected chi connectivity index (χ1v) is 6.72. The number of rotatable bonds is 3. The van der Waals surface area contributed by atoms with Crippen molar-refractivity contribution in [1.82, 2.24) is 10.3 Å². The number of imide groups is 1. The monoisotopic (exact) mass is 323 g/mol. The van der Waals surface area contributed by atoms with Gasteiger partial charge in [0.1, 0.15) is 5.54 Å². The molecule has 19 heavy (non-hydrogen) atoms. The average molecular weight is 324 g/mol. The first-order valence-electron chi connectivity index (χ1n) is 5.93. The van der Waals surface area contributed by atoms with Gasteiger partial charge in [0, 0.05) is 10.0 Å². The van der Waals surface area contributed by atoms with Crippen LogP contribution in [-0.4, -0.2) is 28.7 Å². The molecule has 0 saturated carbocycles. The quantitative estimate of drug-likeness (QED) is 0.686. The fraction of sp³-hybridized carbons (Fsp3) is 0.308. The van der Waals surface area contributed by atoms with Crippen molar-refractivity contribution >= 4 is 34.1 Å². The van der Waals surface area contributed by atoms with E-state index in [1.165, 1.54) is 6.21 Å². The number of urea groups is 1. The molecule has 0 radical (unpaired) electrons. The van der Waals surface area contributed by atoms with Crippen molar-refractivity contribution in [3.05, 3.63) is 34.3 Å². The van der Waals surface area contributed by atoms with E-state index >= 15 is 0 Å². The number of nitrogens with one attached hydrogen (secondary N) is 1. The van der Waals surface area contributed by atoms with Crippen molar-refractivity contribution < 1.29 is 9.59 Å². The summed E-state index contributed by atoms with van der Waals surface area (Å²) in [4.78, 5) is 23.8. The zero-order valence-corrected chi connectivity index (χ0v) is 12.3. The normalized spacial score (nSPS) is 23.2. The largest absolute Gasteiger partial charge is 0.346 e. The van der Waals surface area contributed by atoms with Crippen LogP contribution in [0, 0.1) is 0 Å². The van der Waals surface area contributed by atoms with Crippen molar-refractivity contribution in [3.63, 3.8) is 0 Å². The molecule has 1 N–H and O–H groups in total. The van der Waals surface area contributed by atoms with Crippen LogP contribution < -0.4 is 5.32 Å². The number of nitrogens with zero attached hydrogens (tertiary/aromatic N) is 2. The van der Waals surface area contributed by atoms with Gasteiger partial charge in [-0.3, -0.25) is 4.79 Å². The van der Waals surface area contributed by atoms with E-state index in [0.29, 0.717) is 6.42 Å². The first-order chi connectivity index (χ1) is 8.98. The second-order valence-corrected chi connectivity index (χ2v) is 5.35. The molecule has 1 saturated heterocycles. The SMILES string of the molecule is CCC1(C)NC(=O)N(N=Cc2ccccc2Br)C1=O. The Hall–Kier alpha value is -1.69.